The van der Waals surface area contributed by atoms with Gasteiger partial charge in [-0.15, -0.1) is 0 Å². The number of hydrogen-bond acceptors (Lipinski definition) is 3. The number of esters is 1. The first kappa shape index (κ1) is 11.7. The Balaban J connectivity index is 1.54. The predicted molar refractivity (Wildman–Crippen MR) is 66.6 cm³/mol. The number of fused-ring (bicyclic) bond motifs is 2. The molecule has 0 saturated heterocycles. The van der Waals surface area contributed by atoms with Crippen molar-refractivity contribution >= 4 is 5.97 Å². The van der Waals surface area contributed by atoms with Crippen molar-refractivity contribution in [1.82, 2.24) is 0 Å². The van der Waals surface area contributed by atoms with Crippen LogP contribution in [0.3, 0.4) is 0 Å². The highest BCUT2D eigenvalue weighted by atomic mass is 16.5. The Hall–Kier alpha value is -1.35. The highest BCUT2D eigenvalue weighted by Gasteiger charge is 2.48. The quantitative estimate of drug-likeness (QED) is 0.831. The molecule has 1 aromatic carbocycles. The standard InChI is InChI=1S/C15H18O3/c16-14-8-11-6-12(14)7-13(11)15(17)18-9-10-4-2-1-3-5-10/h1-5,11-14,16H,6-9H2. The van der Waals surface area contributed by atoms with Gasteiger partial charge in [0.25, 0.3) is 0 Å². The lowest BCUT2D eigenvalue weighted by atomic mass is 9.87. The molecule has 2 aliphatic rings. The Morgan fingerprint density at radius 3 is 2.56 bits per heavy atom. The third-order valence-electron chi connectivity index (χ3n) is 4.35. The number of rotatable bonds is 3. The van der Waals surface area contributed by atoms with Crippen molar-refractivity contribution in [3.63, 3.8) is 0 Å². The highest BCUT2D eigenvalue weighted by Crippen LogP contribution is 2.48. The van der Waals surface area contributed by atoms with Gasteiger partial charge in [-0.05, 0) is 36.7 Å². The molecule has 2 saturated carbocycles. The summed E-state index contributed by atoms with van der Waals surface area (Å²) in [6.45, 7) is 0.357. The van der Waals surface area contributed by atoms with Crippen molar-refractivity contribution in [1.29, 1.82) is 0 Å². The molecule has 3 nitrogen and oxygen atoms in total. The minimum absolute atomic E-state index is 0.0158. The van der Waals surface area contributed by atoms with Gasteiger partial charge in [0.05, 0.1) is 12.0 Å². The maximum atomic E-state index is 12.0. The molecule has 0 aromatic heterocycles. The molecule has 0 radical (unpaired) electrons. The molecule has 0 heterocycles. The van der Waals surface area contributed by atoms with E-state index in [9.17, 15) is 9.90 Å². The lowest BCUT2D eigenvalue weighted by Gasteiger charge is -2.23. The van der Waals surface area contributed by atoms with Gasteiger partial charge >= 0.3 is 5.97 Å². The van der Waals surface area contributed by atoms with E-state index in [0.29, 0.717) is 18.4 Å². The van der Waals surface area contributed by atoms with Crippen LogP contribution in [-0.4, -0.2) is 17.2 Å². The van der Waals surface area contributed by atoms with E-state index in [-0.39, 0.29) is 18.0 Å². The minimum atomic E-state index is -0.187. The van der Waals surface area contributed by atoms with Gasteiger partial charge in [0.2, 0.25) is 0 Å². The number of carbonyl (C=O) groups is 1. The van der Waals surface area contributed by atoms with Crippen LogP contribution in [0.2, 0.25) is 0 Å². The van der Waals surface area contributed by atoms with E-state index in [1.165, 1.54) is 0 Å². The van der Waals surface area contributed by atoms with Crippen LogP contribution in [0.5, 0.6) is 0 Å². The van der Waals surface area contributed by atoms with E-state index >= 15 is 0 Å². The van der Waals surface area contributed by atoms with Crippen molar-refractivity contribution in [3.05, 3.63) is 35.9 Å². The Bertz CT molecular complexity index is 427. The minimum Gasteiger partial charge on any atom is -0.461 e. The molecule has 4 atom stereocenters. The molecule has 4 unspecified atom stereocenters. The third-order valence-corrected chi connectivity index (χ3v) is 4.35. The van der Waals surface area contributed by atoms with Gasteiger partial charge in [-0.2, -0.15) is 0 Å². The SMILES string of the molecule is O=C(OCc1ccccc1)C1CC2CC1CC2O. The summed E-state index contributed by atoms with van der Waals surface area (Å²) in [6.07, 6.45) is 2.38. The van der Waals surface area contributed by atoms with Crippen LogP contribution in [0.4, 0.5) is 0 Å². The second-order valence-corrected chi connectivity index (χ2v) is 5.49. The number of ether oxygens (including phenoxy) is 1. The number of aliphatic hydroxyl groups is 1. The van der Waals surface area contributed by atoms with E-state index in [4.69, 9.17) is 4.74 Å². The van der Waals surface area contributed by atoms with E-state index in [0.717, 1.165) is 24.8 Å². The van der Waals surface area contributed by atoms with Crippen LogP contribution in [0, 0.1) is 17.8 Å². The fourth-order valence-corrected chi connectivity index (χ4v) is 3.37. The average Bonchev–Trinajstić information content (AvgIpc) is 2.96. The van der Waals surface area contributed by atoms with Crippen LogP contribution in [-0.2, 0) is 16.1 Å². The largest absolute Gasteiger partial charge is 0.461 e. The normalized spacial score (nSPS) is 33.6. The maximum Gasteiger partial charge on any atom is 0.309 e. The summed E-state index contributed by atoms with van der Waals surface area (Å²) in [6, 6.07) is 9.74. The first-order chi connectivity index (χ1) is 8.74. The summed E-state index contributed by atoms with van der Waals surface area (Å²) < 4.78 is 5.38. The zero-order valence-corrected chi connectivity index (χ0v) is 10.3. The molecular weight excluding hydrogens is 228 g/mol. The fourth-order valence-electron chi connectivity index (χ4n) is 3.37. The number of hydrogen-bond donors (Lipinski definition) is 1. The second-order valence-electron chi connectivity index (χ2n) is 5.49. The van der Waals surface area contributed by atoms with E-state index in [2.05, 4.69) is 0 Å². The number of benzene rings is 1. The molecule has 1 aromatic rings. The predicted octanol–water partition coefficient (Wildman–Crippen LogP) is 2.14. The van der Waals surface area contributed by atoms with Crippen LogP contribution in [0.15, 0.2) is 30.3 Å². The number of carbonyl (C=O) groups excluding carboxylic acids is 1. The molecule has 1 N–H and O–H groups in total. The fraction of sp³-hybridized carbons (Fsp3) is 0.533. The lowest BCUT2D eigenvalue weighted by molar-refractivity contribution is -0.152. The van der Waals surface area contributed by atoms with E-state index in [1.54, 1.807) is 0 Å². The van der Waals surface area contributed by atoms with Gasteiger partial charge in [0.15, 0.2) is 0 Å². The Kier molecular flexibility index (Phi) is 3.08. The van der Waals surface area contributed by atoms with Gasteiger partial charge < -0.3 is 9.84 Å². The molecule has 0 aliphatic heterocycles. The Morgan fingerprint density at radius 2 is 1.94 bits per heavy atom. The van der Waals surface area contributed by atoms with Gasteiger partial charge in [0, 0.05) is 0 Å². The Labute approximate surface area is 107 Å². The zero-order chi connectivity index (χ0) is 12.5. The van der Waals surface area contributed by atoms with Crippen LogP contribution >= 0.6 is 0 Å². The molecule has 3 heteroatoms. The smallest absolute Gasteiger partial charge is 0.309 e. The molecular formula is C15H18O3. The molecule has 18 heavy (non-hydrogen) atoms. The molecule has 96 valence electrons. The summed E-state index contributed by atoms with van der Waals surface area (Å²) in [5.74, 6) is 0.595. The average molecular weight is 246 g/mol. The number of aliphatic hydroxyl groups excluding tert-OH is 1. The second kappa shape index (κ2) is 4.73. The topological polar surface area (TPSA) is 46.5 Å². The van der Waals surface area contributed by atoms with Crippen molar-refractivity contribution in [2.45, 2.75) is 32.0 Å². The zero-order valence-electron chi connectivity index (χ0n) is 10.3. The molecule has 0 spiro atoms. The summed E-state index contributed by atoms with van der Waals surface area (Å²) in [5.41, 5.74) is 1.02. The summed E-state index contributed by atoms with van der Waals surface area (Å²) in [4.78, 5) is 12.0. The highest BCUT2D eigenvalue weighted by molar-refractivity contribution is 5.73. The van der Waals surface area contributed by atoms with Crippen molar-refractivity contribution in [2.75, 3.05) is 0 Å². The molecule has 0 amide bonds. The lowest BCUT2D eigenvalue weighted by Crippen LogP contribution is -2.28. The summed E-state index contributed by atoms with van der Waals surface area (Å²) in [5, 5.41) is 9.67. The molecule has 2 bridgehead atoms. The van der Waals surface area contributed by atoms with Crippen molar-refractivity contribution in [2.24, 2.45) is 17.8 Å². The van der Waals surface area contributed by atoms with Gasteiger partial charge in [-0.1, -0.05) is 30.3 Å². The monoisotopic (exact) mass is 246 g/mol. The van der Waals surface area contributed by atoms with Gasteiger partial charge in [-0.25, -0.2) is 0 Å². The van der Waals surface area contributed by atoms with E-state index in [1.807, 2.05) is 30.3 Å². The summed E-state index contributed by atoms with van der Waals surface area (Å²) >= 11 is 0. The molecule has 3 rings (SSSR count). The Morgan fingerprint density at radius 1 is 1.17 bits per heavy atom. The van der Waals surface area contributed by atoms with Gasteiger partial charge in [0.1, 0.15) is 6.61 Å². The first-order valence-corrected chi connectivity index (χ1v) is 6.62. The first-order valence-electron chi connectivity index (χ1n) is 6.62. The van der Waals surface area contributed by atoms with Crippen LogP contribution in [0.25, 0.3) is 0 Å². The van der Waals surface area contributed by atoms with Gasteiger partial charge in [-0.3, -0.25) is 4.79 Å². The molecule has 2 fully saturated rings. The maximum absolute atomic E-state index is 12.0. The van der Waals surface area contributed by atoms with Crippen LogP contribution in [0.1, 0.15) is 24.8 Å². The molecule has 2 aliphatic carbocycles. The summed E-state index contributed by atoms with van der Waals surface area (Å²) in [7, 11) is 0. The third kappa shape index (κ3) is 2.15. The van der Waals surface area contributed by atoms with E-state index < -0.39 is 0 Å². The van der Waals surface area contributed by atoms with Crippen LogP contribution < -0.4 is 0 Å². The van der Waals surface area contributed by atoms with Crippen molar-refractivity contribution in [3.8, 4) is 0 Å². The van der Waals surface area contributed by atoms with Crippen molar-refractivity contribution < 1.29 is 14.6 Å².